The third-order valence-corrected chi connectivity index (χ3v) is 7.53. The van der Waals surface area contributed by atoms with Crippen LogP contribution in [-0.2, 0) is 19.1 Å². The Bertz CT molecular complexity index is 511. The summed E-state index contributed by atoms with van der Waals surface area (Å²) in [7, 11) is 0. The molecule has 0 saturated heterocycles. The molecule has 0 radical (unpaired) electrons. The molecule has 0 aromatic rings. The van der Waals surface area contributed by atoms with Crippen LogP contribution in [-0.4, -0.2) is 23.1 Å². The van der Waals surface area contributed by atoms with Crippen LogP contribution >= 0.6 is 0 Å². The highest BCUT2D eigenvalue weighted by Gasteiger charge is 2.40. The average molecular weight is 409 g/mol. The predicted molar refractivity (Wildman–Crippen MR) is 116 cm³/mol. The minimum Gasteiger partial charge on any atom is -0.459 e. The molecule has 2 fully saturated rings. The van der Waals surface area contributed by atoms with E-state index in [2.05, 4.69) is 27.7 Å². The van der Waals surface area contributed by atoms with Crippen molar-refractivity contribution in [1.29, 1.82) is 0 Å². The van der Waals surface area contributed by atoms with Crippen LogP contribution in [0.15, 0.2) is 0 Å². The summed E-state index contributed by atoms with van der Waals surface area (Å²) in [6.07, 6.45) is 10.3. The van der Waals surface area contributed by atoms with Gasteiger partial charge in [0.25, 0.3) is 0 Å². The molecule has 6 unspecified atom stereocenters. The molecule has 168 valence electrons. The summed E-state index contributed by atoms with van der Waals surface area (Å²) < 4.78 is 11.6. The van der Waals surface area contributed by atoms with Gasteiger partial charge in [-0.3, -0.25) is 9.59 Å². The smallest absolute Gasteiger partial charge is 0.317 e. The molecule has 0 N–H and O–H groups in total. The van der Waals surface area contributed by atoms with Gasteiger partial charge in [0.15, 0.2) is 0 Å². The standard InChI is InChI=1S/C25H44O4/c1-7-9-20-11-13-24(5,16-18(20)3)28-22(26)15-23(27)29-25(6)14-12-21(10-8-2)19(4)17-25/h18-21H,7-17H2,1-6H3. The molecule has 0 bridgehead atoms. The molecule has 29 heavy (non-hydrogen) atoms. The number of ether oxygens (including phenoxy) is 2. The molecule has 0 heterocycles. The number of hydrogen-bond donors (Lipinski definition) is 0. The van der Waals surface area contributed by atoms with E-state index in [9.17, 15) is 9.59 Å². The van der Waals surface area contributed by atoms with Gasteiger partial charge in [-0.1, -0.05) is 53.4 Å². The van der Waals surface area contributed by atoms with Gasteiger partial charge in [0, 0.05) is 0 Å². The molecule has 2 aliphatic rings. The van der Waals surface area contributed by atoms with Crippen LogP contribution in [0.25, 0.3) is 0 Å². The maximum absolute atomic E-state index is 12.5. The summed E-state index contributed by atoms with van der Waals surface area (Å²) >= 11 is 0. The van der Waals surface area contributed by atoms with Crippen molar-refractivity contribution in [1.82, 2.24) is 0 Å². The Morgan fingerprint density at radius 1 is 0.793 bits per heavy atom. The van der Waals surface area contributed by atoms with Gasteiger partial charge in [-0.25, -0.2) is 0 Å². The molecular weight excluding hydrogens is 364 g/mol. The zero-order chi connectivity index (χ0) is 21.7. The molecule has 4 nitrogen and oxygen atoms in total. The van der Waals surface area contributed by atoms with Crippen LogP contribution < -0.4 is 0 Å². The molecule has 0 spiro atoms. The zero-order valence-electron chi connectivity index (χ0n) is 19.7. The molecule has 0 amide bonds. The van der Waals surface area contributed by atoms with Crippen molar-refractivity contribution in [2.75, 3.05) is 0 Å². The van der Waals surface area contributed by atoms with Gasteiger partial charge in [0.05, 0.1) is 0 Å². The topological polar surface area (TPSA) is 52.6 Å². The molecule has 2 saturated carbocycles. The van der Waals surface area contributed by atoms with E-state index in [0.717, 1.165) is 50.4 Å². The van der Waals surface area contributed by atoms with Crippen LogP contribution in [0.2, 0.25) is 0 Å². The fraction of sp³-hybridized carbons (Fsp3) is 0.920. The molecule has 0 aromatic carbocycles. The van der Waals surface area contributed by atoms with Gasteiger partial charge >= 0.3 is 11.9 Å². The van der Waals surface area contributed by atoms with Gasteiger partial charge < -0.3 is 9.47 Å². The second-order valence-corrected chi connectivity index (χ2v) is 10.6. The zero-order valence-corrected chi connectivity index (χ0v) is 19.7. The maximum atomic E-state index is 12.5. The number of rotatable bonds is 8. The molecule has 4 heteroatoms. The summed E-state index contributed by atoms with van der Waals surface area (Å²) in [5.41, 5.74) is -0.894. The minimum absolute atomic E-state index is 0.273. The SMILES string of the molecule is CCCC1CCC(C)(OC(=O)CC(=O)OC2(C)CCC(CCC)C(C)C2)CC1C. The van der Waals surface area contributed by atoms with Crippen LogP contribution in [0, 0.1) is 23.7 Å². The van der Waals surface area contributed by atoms with Crippen molar-refractivity contribution in [3.05, 3.63) is 0 Å². The lowest BCUT2D eigenvalue weighted by Crippen LogP contribution is -2.42. The summed E-state index contributed by atoms with van der Waals surface area (Å²) in [5.74, 6) is 1.67. The molecule has 6 atom stereocenters. The normalized spacial score (nSPS) is 37.7. The highest BCUT2D eigenvalue weighted by atomic mass is 16.6. The van der Waals surface area contributed by atoms with E-state index in [1.165, 1.54) is 25.7 Å². The Morgan fingerprint density at radius 3 is 1.48 bits per heavy atom. The quantitative estimate of drug-likeness (QED) is 0.342. The number of carbonyl (C=O) groups is 2. The molecular formula is C25H44O4. The first-order valence-electron chi connectivity index (χ1n) is 12.0. The number of hydrogen-bond acceptors (Lipinski definition) is 4. The Balaban J connectivity index is 1.81. The van der Waals surface area contributed by atoms with Crippen LogP contribution in [0.4, 0.5) is 0 Å². The largest absolute Gasteiger partial charge is 0.459 e. The summed E-state index contributed by atoms with van der Waals surface area (Å²) in [5, 5.41) is 0. The second-order valence-electron chi connectivity index (χ2n) is 10.6. The van der Waals surface area contributed by atoms with Crippen molar-refractivity contribution >= 4 is 11.9 Å². The van der Waals surface area contributed by atoms with Crippen LogP contribution in [0.1, 0.15) is 112 Å². The van der Waals surface area contributed by atoms with E-state index in [1.54, 1.807) is 0 Å². The average Bonchev–Trinajstić information content (AvgIpc) is 2.59. The monoisotopic (exact) mass is 408 g/mol. The van der Waals surface area contributed by atoms with Crippen molar-refractivity contribution in [2.24, 2.45) is 23.7 Å². The van der Waals surface area contributed by atoms with E-state index < -0.39 is 23.1 Å². The van der Waals surface area contributed by atoms with E-state index in [-0.39, 0.29) is 6.42 Å². The first-order chi connectivity index (χ1) is 13.6. The van der Waals surface area contributed by atoms with Crippen LogP contribution in [0.5, 0.6) is 0 Å². The summed E-state index contributed by atoms with van der Waals surface area (Å²) in [6, 6.07) is 0. The third-order valence-electron chi connectivity index (χ3n) is 7.53. The van der Waals surface area contributed by atoms with Crippen molar-refractivity contribution in [3.8, 4) is 0 Å². The molecule has 0 aliphatic heterocycles. The van der Waals surface area contributed by atoms with Crippen LogP contribution in [0.3, 0.4) is 0 Å². The molecule has 0 aromatic heterocycles. The minimum atomic E-state index is -0.447. The highest BCUT2D eigenvalue weighted by Crippen LogP contribution is 2.42. The fourth-order valence-electron chi connectivity index (χ4n) is 5.97. The Morgan fingerprint density at radius 2 is 1.17 bits per heavy atom. The van der Waals surface area contributed by atoms with Crippen molar-refractivity contribution in [2.45, 2.75) is 123 Å². The second kappa shape index (κ2) is 10.3. The lowest BCUT2D eigenvalue weighted by molar-refractivity contribution is -0.175. The lowest BCUT2D eigenvalue weighted by atomic mass is 9.71. The van der Waals surface area contributed by atoms with Gasteiger partial charge in [0.2, 0.25) is 0 Å². The van der Waals surface area contributed by atoms with E-state index in [1.807, 2.05) is 13.8 Å². The summed E-state index contributed by atoms with van der Waals surface area (Å²) in [4.78, 5) is 24.9. The van der Waals surface area contributed by atoms with Gasteiger partial charge in [-0.15, -0.1) is 0 Å². The first-order valence-corrected chi connectivity index (χ1v) is 12.0. The molecule has 2 aliphatic carbocycles. The van der Waals surface area contributed by atoms with E-state index >= 15 is 0 Å². The van der Waals surface area contributed by atoms with E-state index in [4.69, 9.17) is 9.47 Å². The van der Waals surface area contributed by atoms with E-state index in [0.29, 0.717) is 11.8 Å². The third kappa shape index (κ3) is 7.00. The maximum Gasteiger partial charge on any atom is 0.317 e. The number of carbonyl (C=O) groups excluding carboxylic acids is 2. The Labute approximate surface area is 178 Å². The Hall–Kier alpha value is -1.06. The predicted octanol–water partition coefficient (Wildman–Crippen LogP) is 6.45. The number of esters is 2. The van der Waals surface area contributed by atoms with Crippen molar-refractivity contribution in [3.63, 3.8) is 0 Å². The van der Waals surface area contributed by atoms with Gasteiger partial charge in [0.1, 0.15) is 17.6 Å². The molecule has 2 rings (SSSR count). The summed E-state index contributed by atoms with van der Waals surface area (Å²) in [6.45, 7) is 13.0. The van der Waals surface area contributed by atoms with Gasteiger partial charge in [-0.05, 0) is 76.0 Å². The van der Waals surface area contributed by atoms with Gasteiger partial charge in [-0.2, -0.15) is 0 Å². The lowest BCUT2D eigenvalue weighted by Gasteiger charge is -2.41. The first kappa shape index (κ1) is 24.2. The highest BCUT2D eigenvalue weighted by molar-refractivity contribution is 5.91. The Kier molecular flexibility index (Phi) is 8.60. The fourth-order valence-corrected chi connectivity index (χ4v) is 5.97. The van der Waals surface area contributed by atoms with Crippen molar-refractivity contribution < 1.29 is 19.1 Å².